The highest BCUT2D eigenvalue weighted by atomic mass is 17.2. The molecule has 6 nitrogen and oxygen atoms in total. The monoisotopic (exact) mass is 216 g/mol. The Hall–Kier alpha value is -1.40. The molecule has 0 aliphatic carbocycles. The number of carbonyl (C=O) groups excluding carboxylic acids is 2. The van der Waals surface area contributed by atoms with Gasteiger partial charge in [-0.25, -0.2) is 19.4 Å². The van der Waals surface area contributed by atoms with Gasteiger partial charge in [-0.1, -0.05) is 0 Å². The molecule has 0 amide bonds. The first kappa shape index (κ1) is 11.7. The van der Waals surface area contributed by atoms with Crippen molar-refractivity contribution in [3.05, 3.63) is 12.2 Å². The van der Waals surface area contributed by atoms with Crippen LogP contribution in [0.5, 0.6) is 0 Å². The predicted octanol–water partition coefficient (Wildman–Crippen LogP) is -0.0223. The predicted molar refractivity (Wildman–Crippen MR) is 47.5 cm³/mol. The van der Waals surface area contributed by atoms with E-state index in [0.717, 1.165) is 0 Å². The molecule has 1 fully saturated rings. The molecule has 0 N–H and O–H groups in total. The normalized spacial score (nSPS) is 25.5. The number of hydrogen-bond acceptors (Lipinski definition) is 6. The highest BCUT2D eigenvalue weighted by Gasteiger charge is 2.32. The van der Waals surface area contributed by atoms with E-state index >= 15 is 0 Å². The zero-order valence-corrected chi connectivity index (χ0v) is 8.47. The topological polar surface area (TPSA) is 71.1 Å². The molecule has 0 spiro atoms. The second-order valence-electron chi connectivity index (χ2n) is 2.86. The molecule has 0 radical (unpaired) electrons. The van der Waals surface area contributed by atoms with Gasteiger partial charge in [-0.3, -0.25) is 0 Å². The van der Waals surface area contributed by atoms with Gasteiger partial charge >= 0.3 is 11.9 Å². The molecular formula is C9H12O6. The molecule has 84 valence electrons. The molecular weight excluding hydrogens is 204 g/mol. The van der Waals surface area contributed by atoms with E-state index in [1.165, 1.54) is 26.4 Å². The van der Waals surface area contributed by atoms with Crippen LogP contribution in [0.1, 0.15) is 6.42 Å². The van der Waals surface area contributed by atoms with Crippen LogP contribution in [0.2, 0.25) is 0 Å². The lowest BCUT2D eigenvalue weighted by Gasteiger charge is -2.01. The molecule has 1 aliphatic rings. The van der Waals surface area contributed by atoms with Crippen molar-refractivity contribution >= 4 is 11.9 Å². The molecule has 0 saturated carbocycles. The molecule has 0 aromatic heterocycles. The fraction of sp³-hybridized carbons (Fsp3) is 0.556. The van der Waals surface area contributed by atoms with Gasteiger partial charge in [0, 0.05) is 12.5 Å². The Kier molecular flexibility index (Phi) is 4.26. The van der Waals surface area contributed by atoms with Crippen LogP contribution in [-0.4, -0.2) is 38.4 Å². The Morgan fingerprint density at radius 3 is 2.60 bits per heavy atom. The Labute approximate surface area is 86.7 Å². The van der Waals surface area contributed by atoms with Gasteiger partial charge in [0.25, 0.3) is 0 Å². The fourth-order valence-corrected chi connectivity index (χ4v) is 1.06. The molecule has 1 saturated heterocycles. The average Bonchev–Trinajstić information content (AvgIpc) is 2.73. The number of hydrogen-bond donors (Lipinski definition) is 0. The molecule has 1 heterocycles. The van der Waals surface area contributed by atoms with Gasteiger partial charge in [0.05, 0.1) is 14.2 Å². The Morgan fingerprint density at radius 1 is 1.27 bits per heavy atom. The summed E-state index contributed by atoms with van der Waals surface area (Å²) in [6.07, 6.45) is 1.83. The fourth-order valence-electron chi connectivity index (χ4n) is 1.06. The van der Waals surface area contributed by atoms with Gasteiger partial charge in [-0.05, 0) is 6.08 Å². The lowest BCUT2D eigenvalue weighted by molar-refractivity contribution is -0.287. The number of methoxy groups -OCH3 is 2. The second-order valence-corrected chi connectivity index (χ2v) is 2.86. The third-order valence-electron chi connectivity index (χ3n) is 1.85. The summed E-state index contributed by atoms with van der Waals surface area (Å²) in [6.45, 7) is 0. The molecule has 0 unspecified atom stereocenters. The summed E-state index contributed by atoms with van der Waals surface area (Å²) in [5.41, 5.74) is 0. The van der Waals surface area contributed by atoms with Crippen LogP contribution in [-0.2, 0) is 28.8 Å². The minimum absolute atomic E-state index is 0.320. The highest BCUT2D eigenvalue weighted by molar-refractivity contribution is 5.81. The smallest absolute Gasteiger partial charge is 0.338 e. The van der Waals surface area contributed by atoms with Crippen molar-refractivity contribution in [2.45, 2.75) is 18.6 Å². The van der Waals surface area contributed by atoms with E-state index in [0.29, 0.717) is 6.42 Å². The summed E-state index contributed by atoms with van der Waals surface area (Å²) in [5, 5.41) is 0. The van der Waals surface area contributed by atoms with E-state index in [1.54, 1.807) is 0 Å². The molecule has 15 heavy (non-hydrogen) atoms. The largest absolute Gasteiger partial charge is 0.467 e. The SMILES string of the molecule is COC(=O)/C=C\[C@H]1C[C@H](C(=O)OC)OO1. The van der Waals surface area contributed by atoms with Crippen molar-refractivity contribution in [1.29, 1.82) is 0 Å². The molecule has 0 aromatic carbocycles. The average molecular weight is 216 g/mol. The minimum atomic E-state index is -0.734. The number of rotatable bonds is 3. The van der Waals surface area contributed by atoms with E-state index in [1.807, 2.05) is 0 Å². The lowest BCUT2D eigenvalue weighted by atomic mass is 10.1. The second kappa shape index (κ2) is 5.47. The van der Waals surface area contributed by atoms with E-state index in [-0.39, 0.29) is 0 Å². The van der Waals surface area contributed by atoms with Crippen molar-refractivity contribution in [1.82, 2.24) is 0 Å². The van der Waals surface area contributed by atoms with E-state index in [4.69, 9.17) is 9.78 Å². The minimum Gasteiger partial charge on any atom is -0.467 e. The first-order valence-corrected chi connectivity index (χ1v) is 4.33. The first-order valence-electron chi connectivity index (χ1n) is 4.33. The van der Waals surface area contributed by atoms with Crippen molar-refractivity contribution in [2.24, 2.45) is 0 Å². The molecule has 2 atom stereocenters. The number of esters is 2. The lowest BCUT2D eigenvalue weighted by Crippen LogP contribution is -2.20. The highest BCUT2D eigenvalue weighted by Crippen LogP contribution is 2.18. The zero-order chi connectivity index (χ0) is 11.3. The van der Waals surface area contributed by atoms with Crippen molar-refractivity contribution in [2.75, 3.05) is 14.2 Å². The van der Waals surface area contributed by atoms with Crippen LogP contribution in [0.4, 0.5) is 0 Å². The summed E-state index contributed by atoms with van der Waals surface area (Å²) in [7, 11) is 2.54. The molecule has 1 rings (SSSR count). The van der Waals surface area contributed by atoms with E-state index < -0.39 is 24.1 Å². The molecule has 0 aromatic rings. The Bertz CT molecular complexity index is 272. The van der Waals surface area contributed by atoms with Gasteiger partial charge < -0.3 is 9.47 Å². The number of carbonyl (C=O) groups is 2. The van der Waals surface area contributed by atoms with Gasteiger partial charge in [-0.15, -0.1) is 0 Å². The Morgan fingerprint density at radius 2 is 2.00 bits per heavy atom. The summed E-state index contributed by atoms with van der Waals surface area (Å²) in [5.74, 6) is -0.982. The van der Waals surface area contributed by atoms with Gasteiger partial charge in [-0.2, -0.15) is 0 Å². The summed E-state index contributed by atoms with van der Waals surface area (Å²) in [4.78, 5) is 31.2. The maximum atomic E-state index is 11.0. The van der Waals surface area contributed by atoms with E-state index in [2.05, 4.69) is 9.47 Å². The number of ether oxygens (including phenoxy) is 2. The van der Waals surface area contributed by atoms with Gasteiger partial charge in [0.1, 0.15) is 6.10 Å². The molecule has 1 aliphatic heterocycles. The maximum absolute atomic E-state index is 11.0. The van der Waals surface area contributed by atoms with Crippen LogP contribution >= 0.6 is 0 Å². The first-order chi connectivity index (χ1) is 7.17. The standard InChI is InChI=1S/C9H12O6/c1-12-8(10)4-3-6-5-7(15-14-6)9(11)13-2/h3-4,6-7H,5H2,1-2H3/b4-3-/t6-,7+/m0/s1. The summed E-state index contributed by atoms with van der Waals surface area (Å²) in [6, 6.07) is 0. The van der Waals surface area contributed by atoms with Crippen LogP contribution < -0.4 is 0 Å². The van der Waals surface area contributed by atoms with Crippen LogP contribution in [0.25, 0.3) is 0 Å². The third kappa shape index (κ3) is 3.34. The van der Waals surface area contributed by atoms with Crippen LogP contribution in [0, 0.1) is 0 Å². The zero-order valence-electron chi connectivity index (χ0n) is 8.47. The van der Waals surface area contributed by atoms with Gasteiger partial charge in [0.2, 0.25) is 0 Å². The van der Waals surface area contributed by atoms with Crippen molar-refractivity contribution in [3.63, 3.8) is 0 Å². The maximum Gasteiger partial charge on any atom is 0.338 e. The molecule has 0 bridgehead atoms. The third-order valence-corrected chi connectivity index (χ3v) is 1.85. The molecule has 6 heteroatoms. The quantitative estimate of drug-likeness (QED) is 0.375. The Balaban J connectivity index is 2.40. The summed E-state index contributed by atoms with van der Waals surface area (Å²) < 4.78 is 8.86. The van der Waals surface area contributed by atoms with Gasteiger partial charge in [0.15, 0.2) is 6.10 Å². The van der Waals surface area contributed by atoms with Crippen molar-refractivity contribution in [3.8, 4) is 0 Å². The van der Waals surface area contributed by atoms with E-state index in [9.17, 15) is 9.59 Å². The van der Waals surface area contributed by atoms with Crippen molar-refractivity contribution < 1.29 is 28.8 Å². The summed E-state index contributed by atoms with van der Waals surface area (Å²) >= 11 is 0. The van der Waals surface area contributed by atoms with Crippen LogP contribution in [0.3, 0.4) is 0 Å². The van der Waals surface area contributed by atoms with Crippen LogP contribution in [0.15, 0.2) is 12.2 Å².